The van der Waals surface area contributed by atoms with Crippen LogP contribution >= 0.6 is 11.6 Å². The van der Waals surface area contributed by atoms with E-state index in [1.54, 1.807) is 31.2 Å². The Balaban J connectivity index is 1.50. The van der Waals surface area contributed by atoms with Gasteiger partial charge in [-0.05, 0) is 55.8 Å². The Bertz CT molecular complexity index is 1550. The number of hydrogen-bond donors (Lipinski definition) is 2. The first-order valence-corrected chi connectivity index (χ1v) is 14.8. The summed E-state index contributed by atoms with van der Waals surface area (Å²) in [5, 5.41) is 5.83. The fraction of sp³-hybridized carbons (Fsp3) is 0.387. The number of anilines is 1. The summed E-state index contributed by atoms with van der Waals surface area (Å²) in [4.78, 5) is 34.4. The van der Waals surface area contributed by atoms with Crippen LogP contribution in [0.15, 0.2) is 48.7 Å². The van der Waals surface area contributed by atoms with E-state index in [1.807, 2.05) is 11.8 Å². The average Bonchev–Trinajstić information content (AvgIpc) is 2.98. The van der Waals surface area contributed by atoms with Crippen LogP contribution in [0.3, 0.4) is 0 Å². The summed E-state index contributed by atoms with van der Waals surface area (Å²) in [5.74, 6) is -1.87. The van der Waals surface area contributed by atoms with Crippen molar-refractivity contribution in [2.75, 3.05) is 44.2 Å². The van der Waals surface area contributed by atoms with Gasteiger partial charge in [-0.2, -0.15) is 13.2 Å². The van der Waals surface area contributed by atoms with E-state index in [0.29, 0.717) is 37.4 Å². The molecule has 2 aliphatic rings. The standard InChI is InChI=1S/C31H32ClF4N5O3/c1-3-20-17-40(30(43)23-8-7-18(32)14-24(23)31(34,35)36)12-13-41(20)25-10-9-21(22-6-5-11-38-29(22)44-4-2)27(33)26(25)28(42)39-19-15-37-16-19/h5-11,14,19-20,37H,3-4,12-13,15-17H2,1-2H3,(H,39,42)/t20-/m1/s1. The van der Waals surface area contributed by atoms with Crippen molar-refractivity contribution in [2.45, 2.75) is 38.5 Å². The van der Waals surface area contributed by atoms with Crippen molar-refractivity contribution in [1.29, 1.82) is 0 Å². The van der Waals surface area contributed by atoms with Gasteiger partial charge < -0.3 is 25.2 Å². The fourth-order valence-electron chi connectivity index (χ4n) is 5.54. The number of nitrogens with one attached hydrogen (secondary N) is 2. The van der Waals surface area contributed by atoms with Crippen molar-refractivity contribution in [1.82, 2.24) is 20.5 Å². The third-order valence-electron chi connectivity index (χ3n) is 7.87. The summed E-state index contributed by atoms with van der Waals surface area (Å²) in [6.07, 6.45) is -2.76. The van der Waals surface area contributed by atoms with E-state index in [0.717, 1.165) is 12.1 Å². The van der Waals surface area contributed by atoms with Gasteiger partial charge in [0.2, 0.25) is 5.88 Å². The molecule has 0 unspecified atom stereocenters. The number of ether oxygens (including phenoxy) is 1. The number of halogens is 5. The van der Waals surface area contributed by atoms with E-state index >= 15 is 4.39 Å². The zero-order valence-corrected chi connectivity index (χ0v) is 24.9. The van der Waals surface area contributed by atoms with E-state index in [-0.39, 0.29) is 47.7 Å². The number of piperazine rings is 1. The molecule has 0 saturated carbocycles. The van der Waals surface area contributed by atoms with Gasteiger partial charge in [0.15, 0.2) is 0 Å². The third kappa shape index (κ3) is 6.32. The highest BCUT2D eigenvalue weighted by atomic mass is 35.5. The molecule has 0 spiro atoms. The summed E-state index contributed by atoms with van der Waals surface area (Å²) in [6, 6.07) is 9.07. The second kappa shape index (κ2) is 13.0. The molecule has 3 aromatic rings. The lowest BCUT2D eigenvalue weighted by molar-refractivity contribution is -0.138. The number of nitrogens with zero attached hydrogens (tertiary/aromatic N) is 3. The van der Waals surface area contributed by atoms with E-state index in [9.17, 15) is 22.8 Å². The Kier molecular flexibility index (Phi) is 9.31. The molecule has 13 heteroatoms. The van der Waals surface area contributed by atoms with Crippen LogP contribution in [0.2, 0.25) is 5.02 Å². The number of carbonyl (C=O) groups excluding carboxylic acids is 2. The Morgan fingerprint density at radius 2 is 1.89 bits per heavy atom. The second-order valence-corrected chi connectivity index (χ2v) is 11.1. The number of benzene rings is 2. The molecule has 2 fully saturated rings. The van der Waals surface area contributed by atoms with Crippen molar-refractivity contribution in [2.24, 2.45) is 0 Å². The van der Waals surface area contributed by atoms with Gasteiger partial charge in [0.1, 0.15) is 5.82 Å². The van der Waals surface area contributed by atoms with Crippen LogP contribution in [0, 0.1) is 5.82 Å². The van der Waals surface area contributed by atoms with Crippen LogP contribution in [-0.2, 0) is 6.18 Å². The highest BCUT2D eigenvalue weighted by molar-refractivity contribution is 6.30. The van der Waals surface area contributed by atoms with Gasteiger partial charge in [-0.15, -0.1) is 0 Å². The van der Waals surface area contributed by atoms with Crippen LogP contribution < -0.4 is 20.3 Å². The normalized spacial score (nSPS) is 17.3. The first kappa shape index (κ1) is 31.5. The van der Waals surface area contributed by atoms with E-state index in [1.165, 1.54) is 17.2 Å². The van der Waals surface area contributed by atoms with Gasteiger partial charge in [-0.3, -0.25) is 9.59 Å². The number of hydrogen-bond acceptors (Lipinski definition) is 6. The molecule has 234 valence electrons. The minimum Gasteiger partial charge on any atom is -0.478 e. The van der Waals surface area contributed by atoms with Crippen LogP contribution in [0.25, 0.3) is 11.1 Å². The van der Waals surface area contributed by atoms with Gasteiger partial charge in [0, 0.05) is 61.1 Å². The summed E-state index contributed by atoms with van der Waals surface area (Å²) < 4.78 is 63.4. The van der Waals surface area contributed by atoms with Gasteiger partial charge in [-0.25, -0.2) is 9.37 Å². The number of alkyl halides is 3. The SMILES string of the molecule is CCOc1ncccc1-c1ccc(N2CCN(C(=O)c3ccc(Cl)cc3C(F)(F)F)C[C@H]2CC)c(C(=O)NC2CNC2)c1F. The Labute approximate surface area is 257 Å². The third-order valence-corrected chi connectivity index (χ3v) is 8.11. The molecule has 44 heavy (non-hydrogen) atoms. The number of carbonyl (C=O) groups is 2. The largest absolute Gasteiger partial charge is 0.478 e. The van der Waals surface area contributed by atoms with Crippen molar-refractivity contribution in [3.63, 3.8) is 0 Å². The number of rotatable bonds is 8. The van der Waals surface area contributed by atoms with Crippen molar-refractivity contribution >= 4 is 29.1 Å². The Morgan fingerprint density at radius 1 is 1.11 bits per heavy atom. The molecule has 1 aromatic heterocycles. The van der Waals surface area contributed by atoms with Gasteiger partial charge in [-0.1, -0.05) is 18.5 Å². The van der Waals surface area contributed by atoms with Crippen LogP contribution in [0.4, 0.5) is 23.2 Å². The van der Waals surface area contributed by atoms with Crippen molar-refractivity contribution in [3.05, 3.63) is 76.2 Å². The zero-order valence-electron chi connectivity index (χ0n) is 24.2. The molecule has 2 aromatic carbocycles. The molecule has 3 heterocycles. The molecule has 0 aliphatic carbocycles. The summed E-state index contributed by atoms with van der Waals surface area (Å²) in [7, 11) is 0. The summed E-state index contributed by atoms with van der Waals surface area (Å²) >= 11 is 5.81. The maximum atomic E-state index is 16.5. The van der Waals surface area contributed by atoms with Crippen molar-refractivity contribution < 1.29 is 31.9 Å². The van der Waals surface area contributed by atoms with E-state index in [2.05, 4.69) is 15.6 Å². The predicted molar refractivity (Wildman–Crippen MR) is 159 cm³/mol. The molecule has 2 saturated heterocycles. The van der Waals surface area contributed by atoms with Crippen molar-refractivity contribution in [3.8, 4) is 17.0 Å². The number of amides is 2. The summed E-state index contributed by atoms with van der Waals surface area (Å²) in [5.41, 5.74) is -0.879. The molecule has 2 N–H and O–H groups in total. The highest BCUT2D eigenvalue weighted by Crippen LogP contribution is 2.38. The lowest BCUT2D eigenvalue weighted by Gasteiger charge is -2.43. The molecule has 5 rings (SSSR count). The number of aromatic nitrogens is 1. The molecular weight excluding hydrogens is 602 g/mol. The second-order valence-electron chi connectivity index (χ2n) is 10.6. The smallest absolute Gasteiger partial charge is 0.417 e. The van der Waals surface area contributed by atoms with E-state index in [4.69, 9.17) is 16.3 Å². The lowest BCUT2D eigenvalue weighted by atomic mass is 9.97. The minimum atomic E-state index is -4.77. The molecule has 8 nitrogen and oxygen atoms in total. The monoisotopic (exact) mass is 633 g/mol. The van der Waals surface area contributed by atoms with E-state index < -0.39 is 41.0 Å². The summed E-state index contributed by atoms with van der Waals surface area (Å²) in [6.45, 7) is 5.38. The van der Waals surface area contributed by atoms with Crippen LogP contribution in [0.1, 0.15) is 46.5 Å². The average molecular weight is 634 g/mol. The molecule has 1 atom stereocenters. The first-order valence-electron chi connectivity index (χ1n) is 14.4. The van der Waals surface area contributed by atoms with Gasteiger partial charge in [0.05, 0.1) is 35.0 Å². The Hall–Kier alpha value is -3.90. The molecular formula is C31H32ClF4N5O3. The quantitative estimate of drug-likeness (QED) is 0.323. The lowest BCUT2D eigenvalue weighted by Crippen LogP contribution is -2.57. The van der Waals surface area contributed by atoms with Crippen LogP contribution in [-0.4, -0.2) is 73.1 Å². The predicted octanol–water partition coefficient (Wildman–Crippen LogP) is 5.40. The zero-order chi connectivity index (χ0) is 31.6. The maximum absolute atomic E-state index is 16.5. The Morgan fingerprint density at radius 3 is 2.55 bits per heavy atom. The molecule has 2 amide bonds. The maximum Gasteiger partial charge on any atom is 0.417 e. The minimum absolute atomic E-state index is 0.0589. The van der Waals surface area contributed by atoms with Gasteiger partial charge in [0.25, 0.3) is 11.8 Å². The molecule has 0 bridgehead atoms. The highest BCUT2D eigenvalue weighted by Gasteiger charge is 2.39. The molecule has 2 aliphatic heterocycles. The van der Waals surface area contributed by atoms with Gasteiger partial charge >= 0.3 is 6.18 Å². The number of pyridine rings is 1. The molecule has 0 radical (unpaired) electrons. The topological polar surface area (TPSA) is 86.8 Å². The van der Waals surface area contributed by atoms with Crippen LogP contribution in [0.5, 0.6) is 5.88 Å². The fourth-order valence-corrected chi connectivity index (χ4v) is 5.71. The first-order chi connectivity index (χ1) is 21.0.